The Bertz CT molecular complexity index is 1020. The molecule has 1 atom stereocenters. The Kier molecular flexibility index (Phi) is 5.58. The second-order valence-corrected chi connectivity index (χ2v) is 10.1. The first-order valence-corrected chi connectivity index (χ1v) is 11.2. The first-order valence-electron chi connectivity index (χ1n) is 10.4. The fourth-order valence-corrected chi connectivity index (χ4v) is 6.00. The zero-order valence-corrected chi connectivity index (χ0v) is 18.2. The molecule has 0 radical (unpaired) electrons. The van der Waals surface area contributed by atoms with E-state index in [1.807, 2.05) is 12.1 Å². The molecule has 1 aromatic carbocycles. The average Bonchev–Trinajstić information content (AvgIpc) is 3.10. The molecule has 0 bridgehead atoms. The number of nitrogens with zero attached hydrogens (tertiary/aromatic N) is 2. The van der Waals surface area contributed by atoms with E-state index in [0.29, 0.717) is 17.7 Å². The summed E-state index contributed by atoms with van der Waals surface area (Å²) in [6.45, 7) is 5.89. The molecular formula is C23H27N3O3S. The van der Waals surface area contributed by atoms with E-state index in [-0.39, 0.29) is 11.5 Å². The highest BCUT2D eigenvalue weighted by atomic mass is 32.1. The third-order valence-electron chi connectivity index (χ3n) is 6.27. The number of carbonyl (C=O) groups is 1. The molecule has 3 N–H and O–H groups in total. The summed E-state index contributed by atoms with van der Waals surface area (Å²) in [6, 6.07) is 7.76. The van der Waals surface area contributed by atoms with Crippen LogP contribution in [-0.2, 0) is 17.7 Å². The zero-order chi connectivity index (χ0) is 21.5. The minimum absolute atomic E-state index is 0.0569. The zero-order valence-electron chi connectivity index (χ0n) is 17.4. The number of anilines is 1. The fourth-order valence-electron chi connectivity index (χ4n) is 4.67. The Labute approximate surface area is 180 Å². The number of aromatic carboxylic acids is 1. The highest BCUT2D eigenvalue weighted by molar-refractivity contribution is 7.16. The van der Waals surface area contributed by atoms with Gasteiger partial charge in [0.2, 0.25) is 0 Å². The predicted molar refractivity (Wildman–Crippen MR) is 118 cm³/mol. The van der Waals surface area contributed by atoms with E-state index in [2.05, 4.69) is 24.8 Å². The Morgan fingerprint density at radius 3 is 2.93 bits per heavy atom. The van der Waals surface area contributed by atoms with Gasteiger partial charge in [-0.15, -0.1) is 11.3 Å². The van der Waals surface area contributed by atoms with E-state index in [4.69, 9.17) is 10.7 Å². The van der Waals surface area contributed by atoms with Crippen molar-refractivity contribution in [3.05, 3.63) is 39.8 Å². The van der Waals surface area contributed by atoms with Gasteiger partial charge >= 0.3 is 5.97 Å². The van der Waals surface area contributed by atoms with Crippen molar-refractivity contribution in [1.82, 2.24) is 0 Å². The predicted octanol–water partition coefficient (Wildman–Crippen LogP) is 4.36. The third-order valence-corrected chi connectivity index (χ3v) is 7.60. The van der Waals surface area contributed by atoms with E-state index in [0.717, 1.165) is 65.2 Å². The van der Waals surface area contributed by atoms with Gasteiger partial charge in [0.05, 0.1) is 28.2 Å². The monoisotopic (exact) mass is 425 g/mol. The lowest BCUT2D eigenvalue weighted by atomic mass is 9.76. The number of carboxylic acid groups (broad SMARTS) is 1. The van der Waals surface area contributed by atoms with Crippen LogP contribution in [-0.4, -0.2) is 30.3 Å². The summed E-state index contributed by atoms with van der Waals surface area (Å²) < 4.78 is 0. The molecule has 1 aliphatic heterocycles. The maximum atomic E-state index is 12.4. The van der Waals surface area contributed by atoms with Gasteiger partial charge in [0, 0.05) is 29.2 Å². The van der Waals surface area contributed by atoms with Gasteiger partial charge in [-0.2, -0.15) is 5.26 Å². The van der Waals surface area contributed by atoms with Crippen LogP contribution in [0.1, 0.15) is 59.5 Å². The lowest BCUT2D eigenvalue weighted by Crippen LogP contribution is -2.41. The third kappa shape index (κ3) is 3.83. The van der Waals surface area contributed by atoms with Crippen molar-refractivity contribution >= 4 is 23.0 Å². The molecule has 30 heavy (non-hydrogen) atoms. The van der Waals surface area contributed by atoms with Crippen LogP contribution in [0.25, 0.3) is 10.4 Å². The average molecular weight is 426 g/mol. The van der Waals surface area contributed by atoms with Crippen molar-refractivity contribution in [3.8, 4) is 16.5 Å². The van der Waals surface area contributed by atoms with Gasteiger partial charge in [-0.1, -0.05) is 13.8 Å². The molecule has 0 saturated carbocycles. The van der Waals surface area contributed by atoms with Crippen LogP contribution in [0.3, 0.4) is 0 Å². The number of thiophene rings is 1. The fraction of sp³-hybridized carbons (Fsp3) is 0.478. The number of aryl methyl sites for hydroxylation is 1. The molecule has 1 fully saturated rings. The summed E-state index contributed by atoms with van der Waals surface area (Å²) in [5, 5.41) is 19.6. The SMILES string of the molecule is CC1(C)CCc2sc(-c3cc(C#N)ccc3N3CCC[C@@H](ON)C3)c(C(=O)O)c2C1. The summed E-state index contributed by atoms with van der Waals surface area (Å²) in [4.78, 5) is 21.6. The van der Waals surface area contributed by atoms with Crippen LogP contribution < -0.4 is 10.8 Å². The summed E-state index contributed by atoms with van der Waals surface area (Å²) in [5.74, 6) is 4.56. The van der Waals surface area contributed by atoms with Crippen molar-refractivity contribution < 1.29 is 14.7 Å². The number of hydrogen-bond donors (Lipinski definition) is 2. The van der Waals surface area contributed by atoms with Crippen LogP contribution in [0, 0.1) is 16.7 Å². The molecule has 7 heteroatoms. The second-order valence-electron chi connectivity index (χ2n) is 9.04. The summed E-state index contributed by atoms with van der Waals surface area (Å²) in [5.41, 5.74) is 3.75. The molecule has 0 amide bonds. The summed E-state index contributed by atoms with van der Waals surface area (Å²) in [7, 11) is 0. The molecule has 158 valence electrons. The molecule has 1 saturated heterocycles. The van der Waals surface area contributed by atoms with Crippen LogP contribution in [0.15, 0.2) is 18.2 Å². The van der Waals surface area contributed by atoms with E-state index < -0.39 is 5.97 Å². The van der Waals surface area contributed by atoms with Gasteiger partial charge in [0.25, 0.3) is 0 Å². The highest BCUT2D eigenvalue weighted by Gasteiger charge is 2.34. The normalized spacial score (nSPS) is 20.5. The number of carboxylic acids is 1. The number of rotatable bonds is 4. The van der Waals surface area contributed by atoms with Crippen molar-refractivity contribution in [2.75, 3.05) is 18.0 Å². The van der Waals surface area contributed by atoms with Gasteiger partial charge in [0.1, 0.15) is 0 Å². The largest absolute Gasteiger partial charge is 0.478 e. The Balaban J connectivity index is 1.87. The van der Waals surface area contributed by atoms with E-state index in [1.165, 1.54) is 0 Å². The standard InChI is InChI=1S/C23H27N3O3S/c1-23(2)8-7-19-17(11-23)20(22(27)28)21(30-19)16-10-14(12-24)5-6-18(16)26-9-3-4-15(13-26)29-25/h5-6,10,15H,3-4,7-9,11,13,25H2,1-2H3,(H,27,28)/t15-/m1/s1. The molecule has 1 aliphatic carbocycles. The highest BCUT2D eigenvalue weighted by Crippen LogP contribution is 2.47. The Hall–Kier alpha value is -2.40. The molecule has 2 heterocycles. The number of nitriles is 1. The molecule has 0 spiro atoms. The topological polar surface area (TPSA) is 99.6 Å². The number of fused-ring (bicyclic) bond motifs is 1. The lowest BCUT2D eigenvalue weighted by molar-refractivity contribution is 0.0435. The van der Waals surface area contributed by atoms with Crippen molar-refractivity contribution in [2.24, 2.45) is 11.3 Å². The Morgan fingerprint density at radius 2 is 2.23 bits per heavy atom. The minimum atomic E-state index is -0.893. The van der Waals surface area contributed by atoms with Crippen molar-refractivity contribution in [1.29, 1.82) is 5.26 Å². The molecule has 1 aromatic heterocycles. The first kappa shape index (κ1) is 20.9. The molecule has 2 aromatic rings. The first-order chi connectivity index (χ1) is 14.3. The van der Waals surface area contributed by atoms with E-state index in [9.17, 15) is 15.2 Å². The molecule has 6 nitrogen and oxygen atoms in total. The van der Waals surface area contributed by atoms with Gasteiger partial charge < -0.3 is 10.0 Å². The van der Waals surface area contributed by atoms with Crippen LogP contribution in [0.5, 0.6) is 0 Å². The quantitative estimate of drug-likeness (QED) is 0.706. The minimum Gasteiger partial charge on any atom is -0.478 e. The summed E-state index contributed by atoms with van der Waals surface area (Å²) >= 11 is 1.58. The van der Waals surface area contributed by atoms with Crippen LogP contribution in [0.2, 0.25) is 0 Å². The van der Waals surface area contributed by atoms with Gasteiger partial charge in [-0.25, -0.2) is 10.7 Å². The van der Waals surface area contributed by atoms with Gasteiger partial charge in [0.15, 0.2) is 0 Å². The van der Waals surface area contributed by atoms with Crippen molar-refractivity contribution in [2.45, 2.75) is 52.1 Å². The van der Waals surface area contributed by atoms with Gasteiger partial charge in [-0.3, -0.25) is 4.84 Å². The molecule has 4 rings (SSSR count). The van der Waals surface area contributed by atoms with Crippen LogP contribution in [0.4, 0.5) is 5.69 Å². The molecule has 0 unspecified atom stereocenters. The van der Waals surface area contributed by atoms with E-state index in [1.54, 1.807) is 17.4 Å². The van der Waals surface area contributed by atoms with Gasteiger partial charge in [-0.05, 0) is 61.3 Å². The second kappa shape index (κ2) is 8.03. The maximum Gasteiger partial charge on any atom is 0.337 e. The van der Waals surface area contributed by atoms with E-state index >= 15 is 0 Å². The maximum absolute atomic E-state index is 12.4. The smallest absolute Gasteiger partial charge is 0.337 e. The number of nitrogens with two attached hydrogens (primary N) is 1. The Morgan fingerprint density at radius 1 is 1.43 bits per heavy atom. The number of piperidine rings is 1. The molecule has 2 aliphatic rings. The van der Waals surface area contributed by atoms with Crippen molar-refractivity contribution in [3.63, 3.8) is 0 Å². The number of hydrogen-bond acceptors (Lipinski definition) is 6. The number of benzene rings is 1. The van der Waals surface area contributed by atoms with Crippen LogP contribution >= 0.6 is 11.3 Å². The lowest BCUT2D eigenvalue weighted by Gasteiger charge is -2.34. The molecular weight excluding hydrogens is 398 g/mol. The summed E-state index contributed by atoms with van der Waals surface area (Å²) in [6.07, 6.45) is 4.50.